The molecule has 0 radical (unpaired) electrons. The third-order valence-electron chi connectivity index (χ3n) is 2.78. The van der Waals surface area contributed by atoms with Gasteiger partial charge in [-0.25, -0.2) is 4.98 Å². The van der Waals surface area contributed by atoms with Crippen LogP contribution in [0.3, 0.4) is 0 Å². The summed E-state index contributed by atoms with van der Waals surface area (Å²) in [4.78, 5) is 6.42. The van der Waals surface area contributed by atoms with Crippen molar-refractivity contribution < 1.29 is 12.6 Å². The van der Waals surface area contributed by atoms with Gasteiger partial charge in [0.15, 0.2) is 0 Å². The fourth-order valence-corrected chi connectivity index (χ4v) is 2.38. The van der Waals surface area contributed by atoms with Gasteiger partial charge in [0.1, 0.15) is 5.82 Å². The molecule has 17 heavy (non-hydrogen) atoms. The molecule has 1 aliphatic rings. The molecule has 1 fully saturated rings. The van der Waals surface area contributed by atoms with Gasteiger partial charge in [0, 0.05) is 25.2 Å². The molecule has 0 amide bonds. The summed E-state index contributed by atoms with van der Waals surface area (Å²) in [5, 5.41) is 0. The normalized spacial score (nSPS) is 20.8. The Kier molecular flexibility index (Phi) is 3.63. The smallest absolute Gasteiger partial charge is 0.264 e. The Balaban J connectivity index is 1.88. The second-order valence-corrected chi connectivity index (χ2v) is 5.92. The van der Waals surface area contributed by atoms with Crippen LogP contribution in [0.25, 0.3) is 0 Å². The van der Waals surface area contributed by atoms with Gasteiger partial charge < -0.3 is 4.90 Å². The van der Waals surface area contributed by atoms with Crippen LogP contribution in [0, 0.1) is 5.92 Å². The molecule has 94 valence electrons. The van der Waals surface area contributed by atoms with Crippen molar-refractivity contribution in [2.24, 2.45) is 5.92 Å². The van der Waals surface area contributed by atoms with Crippen LogP contribution >= 0.6 is 0 Å². The highest BCUT2D eigenvalue weighted by molar-refractivity contribution is 7.85. The van der Waals surface area contributed by atoms with Crippen LogP contribution < -0.4 is 4.90 Å². The van der Waals surface area contributed by atoms with Gasteiger partial charge in [-0.05, 0) is 18.6 Å². The molecule has 0 unspecified atom stereocenters. The number of hydrogen-bond donors (Lipinski definition) is 0. The first kappa shape index (κ1) is 12.3. The summed E-state index contributed by atoms with van der Waals surface area (Å²) in [6.07, 6.45) is 3.78. The topological polar surface area (TPSA) is 59.5 Å². The van der Waals surface area contributed by atoms with Crippen molar-refractivity contribution in [1.29, 1.82) is 0 Å². The minimum Gasteiger partial charge on any atom is -0.356 e. The van der Waals surface area contributed by atoms with Gasteiger partial charge >= 0.3 is 0 Å². The summed E-state index contributed by atoms with van der Waals surface area (Å²) < 4.78 is 26.6. The quantitative estimate of drug-likeness (QED) is 0.749. The predicted octanol–water partition coefficient (Wildman–Crippen LogP) is 0.884. The Labute approximate surface area is 102 Å². The number of aromatic nitrogens is 1. The zero-order valence-electron chi connectivity index (χ0n) is 9.74. The molecule has 1 saturated heterocycles. The lowest BCUT2D eigenvalue weighted by atomic mass is 10.1. The zero-order valence-corrected chi connectivity index (χ0v) is 10.6. The van der Waals surface area contributed by atoms with E-state index in [9.17, 15) is 8.42 Å². The van der Waals surface area contributed by atoms with Crippen molar-refractivity contribution in [3.05, 3.63) is 24.4 Å². The lowest BCUT2D eigenvalue weighted by molar-refractivity contribution is 0.268. The molecular formula is C11H16N2O3S. The summed E-state index contributed by atoms with van der Waals surface area (Å²) in [5.41, 5.74) is 0. The van der Waals surface area contributed by atoms with E-state index < -0.39 is 10.1 Å². The van der Waals surface area contributed by atoms with Crippen LogP contribution in [-0.4, -0.2) is 39.4 Å². The van der Waals surface area contributed by atoms with Crippen LogP contribution in [0.5, 0.6) is 0 Å². The second-order valence-electron chi connectivity index (χ2n) is 4.28. The van der Waals surface area contributed by atoms with Crippen LogP contribution in [0.15, 0.2) is 24.4 Å². The summed E-state index contributed by atoms with van der Waals surface area (Å²) in [6.45, 7) is 1.96. The molecule has 6 heteroatoms. The van der Waals surface area contributed by atoms with Crippen LogP contribution in [0.2, 0.25) is 0 Å². The highest BCUT2D eigenvalue weighted by Crippen LogP contribution is 2.22. The van der Waals surface area contributed by atoms with Gasteiger partial charge in [0.2, 0.25) is 0 Å². The molecule has 0 spiro atoms. The average Bonchev–Trinajstić information content (AvgIpc) is 2.75. The minimum atomic E-state index is -3.33. The molecule has 0 saturated carbocycles. The van der Waals surface area contributed by atoms with Crippen molar-refractivity contribution in [3.63, 3.8) is 0 Å². The van der Waals surface area contributed by atoms with E-state index in [1.165, 1.54) is 0 Å². The highest BCUT2D eigenvalue weighted by atomic mass is 32.2. The van der Waals surface area contributed by atoms with Gasteiger partial charge in [-0.15, -0.1) is 0 Å². The molecule has 0 N–H and O–H groups in total. The van der Waals surface area contributed by atoms with Gasteiger partial charge in [-0.3, -0.25) is 4.18 Å². The summed E-state index contributed by atoms with van der Waals surface area (Å²) in [7, 11) is -3.33. The first-order valence-electron chi connectivity index (χ1n) is 5.55. The van der Waals surface area contributed by atoms with Crippen LogP contribution in [-0.2, 0) is 14.3 Å². The van der Waals surface area contributed by atoms with Gasteiger partial charge in [0.25, 0.3) is 10.1 Å². The predicted molar refractivity (Wildman–Crippen MR) is 65.4 cm³/mol. The van der Waals surface area contributed by atoms with E-state index in [0.29, 0.717) is 0 Å². The van der Waals surface area contributed by atoms with Crippen molar-refractivity contribution in [2.45, 2.75) is 6.42 Å². The third-order valence-corrected chi connectivity index (χ3v) is 3.34. The van der Waals surface area contributed by atoms with Crippen LogP contribution in [0.1, 0.15) is 6.42 Å². The molecule has 5 nitrogen and oxygen atoms in total. The lowest BCUT2D eigenvalue weighted by Crippen LogP contribution is -2.22. The fourth-order valence-electron chi connectivity index (χ4n) is 1.94. The Hall–Kier alpha value is -1.14. The molecule has 2 heterocycles. The zero-order chi connectivity index (χ0) is 12.3. The number of anilines is 1. The summed E-state index contributed by atoms with van der Waals surface area (Å²) >= 11 is 0. The number of pyridine rings is 1. The number of rotatable bonds is 4. The molecule has 1 aliphatic heterocycles. The Bertz CT molecular complexity index is 461. The Morgan fingerprint density at radius 3 is 3.00 bits per heavy atom. The van der Waals surface area contributed by atoms with Crippen molar-refractivity contribution >= 4 is 15.9 Å². The third kappa shape index (κ3) is 3.67. The first-order chi connectivity index (χ1) is 8.04. The summed E-state index contributed by atoms with van der Waals surface area (Å²) in [6, 6.07) is 5.78. The standard InChI is InChI=1S/C11H16N2O3S/c1-17(14,15)16-9-10-5-7-13(8-10)11-4-2-3-6-12-11/h2-4,6,10H,5,7-9H2,1H3/t10-/m1/s1. The molecule has 1 atom stereocenters. The molecule has 1 aromatic heterocycles. The van der Waals surface area contributed by atoms with Crippen molar-refractivity contribution in [1.82, 2.24) is 4.98 Å². The van der Waals surface area contributed by atoms with E-state index in [1.54, 1.807) is 6.20 Å². The molecular weight excluding hydrogens is 240 g/mol. The monoisotopic (exact) mass is 256 g/mol. The fraction of sp³-hybridized carbons (Fsp3) is 0.545. The number of nitrogens with zero attached hydrogens (tertiary/aromatic N) is 2. The maximum Gasteiger partial charge on any atom is 0.264 e. The maximum atomic E-state index is 10.9. The van der Waals surface area contributed by atoms with Crippen molar-refractivity contribution in [2.75, 3.05) is 30.9 Å². The van der Waals surface area contributed by atoms with Gasteiger partial charge in [-0.2, -0.15) is 8.42 Å². The summed E-state index contributed by atoms with van der Waals surface area (Å²) in [5.74, 6) is 1.20. The van der Waals surface area contributed by atoms with E-state index in [4.69, 9.17) is 4.18 Å². The Morgan fingerprint density at radius 2 is 2.35 bits per heavy atom. The maximum absolute atomic E-state index is 10.9. The van der Waals surface area contributed by atoms with E-state index in [1.807, 2.05) is 18.2 Å². The Morgan fingerprint density at radius 1 is 1.53 bits per heavy atom. The SMILES string of the molecule is CS(=O)(=O)OC[C@@H]1CCN(c2ccccn2)C1. The van der Waals surface area contributed by atoms with Crippen molar-refractivity contribution in [3.8, 4) is 0 Å². The lowest BCUT2D eigenvalue weighted by Gasteiger charge is -2.16. The molecule has 0 bridgehead atoms. The minimum absolute atomic E-state index is 0.256. The molecule has 1 aromatic rings. The number of hydrogen-bond acceptors (Lipinski definition) is 5. The van der Waals surface area contributed by atoms with E-state index >= 15 is 0 Å². The van der Waals surface area contributed by atoms with E-state index in [2.05, 4.69) is 9.88 Å². The molecule has 2 rings (SSSR count). The average molecular weight is 256 g/mol. The molecule has 0 aromatic carbocycles. The van der Waals surface area contributed by atoms with Gasteiger partial charge in [-0.1, -0.05) is 6.07 Å². The largest absolute Gasteiger partial charge is 0.356 e. The molecule has 0 aliphatic carbocycles. The van der Waals surface area contributed by atoms with Crippen LogP contribution in [0.4, 0.5) is 5.82 Å². The van der Waals surface area contributed by atoms with E-state index in [-0.39, 0.29) is 12.5 Å². The first-order valence-corrected chi connectivity index (χ1v) is 7.36. The highest BCUT2D eigenvalue weighted by Gasteiger charge is 2.24. The second kappa shape index (κ2) is 5.01. The van der Waals surface area contributed by atoms with Gasteiger partial charge in [0.05, 0.1) is 12.9 Å². The van der Waals surface area contributed by atoms with E-state index in [0.717, 1.165) is 31.6 Å².